The number of nitrogens with zero attached hydrogens (tertiary/aromatic N) is 4. The van der Waals surface area contributed by atoms with Crippen LogP contribution in [0.1, 0.15) is 5.56 Å². The van der Waals surface area contributed by atoms with Gasteiger partial charge in [0.2, 0.25) is 6.33 Å². The van der Waals surface area contributed by atoms with Crippen molar-refractivity contribution in [2.45, 2.75) is 13.5 Å². The van der Waals surface area contributed by atoms with E-state index in [4.69, 9.17) is 5.73 Å². The average molecular weight is 336 g/mol. The second-order valence-electron chi connectivity index (χ2n) is 6.19. The highest BCUT2D eigenvalue weighted by Gasteiger charge is 2.18. The Morgan fingerprint density at radius 1 is 1.13 bits per heavy atom. The van der Waals surface area contributed by atoms with Crippen LogP contribution in [0.3, 0.4) is 0 Å². The molecule has 2 heterocycles. The highest BCUT2D eigenvalue weighted by molar-refractivity contribution is 5.58. The molecule has 23 heavy (non-hydrogen) atoms. The number of imidazole rings is 1. The number of hydrogen-bond donors (Lipinski definition) is 1. The Balaban J connectivity index is 0.00000192. The van der Waals surface area contributed by atoms with Gasteiger partial charge in [0.1, 0.15) is 18.9 Å². The van der Waals surface area contributed by atoms with Crippen LogP contribution in [-0.4, -0.2) is 42.2 Å². The van der Waals surface area contributed by atoms with E-state index < -0.39 is 0 Å². The molecule has 2 aromatic rings. The van der Waals surface area contributed by atoms with Gasteiger partial charge in [-0.15, -0.1) is 0 Å². The molecule has 0 unspecified atom stereocenters. The van der Waals surface area contributed by atoms with E-state index in [9.17, 15) is 0 Å². The molecule has 6 heteroatoms. The van der Waals surface area contributed by atoms with Crippen molar-refractivity contribution in [1.29, 1.82) is 0 Å². The summed E-state index contributed by atoms with van der Waals surface area (Å²) >= 11 is 0. The number of aromatic nitrogens is 2. The predicted molar refractivity (Wildman–Crippen MR) is 89.9 cm³/mol. The van der Waals surface area contributed by atoms with Crippen molar-refractivity contribution < 1.29 is 17.0 Å². The summed E-state index contributed by atoms with van der Waals surface area (Å²) in [5.74, 6) is 0. The number of piperazine rings is 1. The van der Waals surface area contributed by atoms with Crippen molar-refractivity contribution in [2.24, 2.45) is 7.05 Å². The Morgan fingerprint density at radius 2 is 1.87 bits per heavy atom. The summed E-state index contributed by atoms with van der Waals surface area (Å²) in [4.78, 5) is 5.00. The number of anilines is 2. The third kappa shape index (κ3) is 4.39. The minimum atomic E-state index is 0. The van der Waals surface area contributed by atoms with Gasteiger partial charge >= 0.3 is 0 Å². The molecule has 0 atom stereocenters. The van der Waals surface area contributed by atoms with E-state index in [-0.39, 0.29) is 12.4 Å². The minimum absolute atomic E-state index is 0. The monoisotopic (exact) mass is 335 g/mol. The largest absolute Gasteiger partial charge is 1.00 e. The first-order valence-corrected chi connectivity index (χ1v) is 7.96. The summed E-state index contributed by atoms with van der Waals surface area (Å²) in [6.45, 7) is 8.66. The first-order valence-electron chi connectivity index (χ1n) is 7.96. The molecular formula is C17H26ClN5. The fraction of sp³-hybridized carbons (Fsp3) is 0.471. The smallest absolute Gasteiger partial charge is 0.243 e. The minimum Gasteiger partial charge on any atom is -1.00 e. The molecule has 126 valence electrons. The number of halogens is 1. The molecule has 5 nitrogen and oxygen atoms in total. The van der Waals surface area contributed by atoms with Gasteiger partial charge in [0.15, 0.2) is 0 Å². The highest BCUT2D eigenvalue weighted by Crippen LogP contribution is 2.21. The summed E-state index contributed by atoms with van der Waals surface area (Å²) in [5.41, 5.74) is 9.25. The zero-order valence-electron chi connectivity index (χ0n) is 14.0. The molecule has 0 amide bonds. The Hall–Kier alpha value is -1.72. The second-order valence-corrected chi connectivity index (χ2v) is 6.19. The van der Waals surface area contributed by atoms with Crippen LogP contribution in [0.5, 0.6) is 0 Å². The summed E-state index contributed by atoms with van der Waals surface area (Å²) in [7, 11) is 2.06. The lowest BCUT2D eigenvalue weighted by Gasteiger charge is -2.36. The van der Waals surface area contributed by atoms with Crippen molar-refractivity contribution in [3.63, 3.8) is 0 Å². The first kappa shape index (κ1) is 17.6. The fourth-order valence-electron chi connectivity index (χ4n) is 2.98. The van der Waals surface area contributed by atoms with Crippen LogP contribution in [0.2, 0.25) is 0 Å². The summed E-state index contributed by atoms with van der Waals surface area (Å²) in [6, 6.07) is 6.35. The average Bonchev–Trinajstić information content (AvgIpc) is 2.94. The predicted octanol–water partition coefficient (Wildman–Crippen LogP) is -1.97. The van der Waals surface area contributed by atoms with E-state index in [1.54, 1.807) is 0 Å². The van der Waals surface area contributed by atoms with Gasteiger partial charge in [0.25, 0.3) is 0 Å². The molecule has 0 aliphatic carbocycles. The van der Waals surface area contributed by atoms with Crippen molar-refractivity contribution in [3.05, 3.63) is 42.5 Å². The molecule has 0 bridgehead atoms. The molecule has 1 aliphatic rings. The number of benzene rings is 1. The Labute approximate surface area is 144 Å². The van der Waals surface area contributed by atoms with Gasteiger partial charge in [0, 0.05) is 44.1 Å². The molecule has 1 fully saturated rings. The molecule has 2 N–H and O–H groups in total. The maximum Gasteiger partial charge on any atom is 0.243 e. The van der Waals surface area contributed by atoms with Crippen LogP contribution in [0.15, 0.2) is 36.9 Å². The van der Waals surface area contributed by atoms with Crippen LogP contribution in [-0.2, 0) is 13.6 Å². The molecule has 3 rings (SSSR count). The normalized spacial score (nSPS) is 15.5. The zero-order chi connectivity index (χ0) is 15.5. The van der Waals surface area contributed by atoms with E-state index in [0.717, 1.165) is 45.0 Å². The molecule has 1 aromatic carbocycles. The van der Waals surface area contributed by atoms with Gasteiger partial charge in [-0.25, -0.2) is 9.13 Å². The number of hydrogen-bond acceptors (Lipinski definition) is 3. The van der Waals surface area contributed by atoms with Gasteiger partial charge in [-0.1, -0.05) is 0 Å². The third-order valence-electron chi connectivity index (χ3n) is 4.49. The van der Waals surface area contributed by atoms with E-state index in [0.29, 0.717) is 0 Å². The second kappa shape index (κ2) is 7.70. The quantitative estimate of drug-likeness (QED) is 0.520. The Morgan fingerprint density at radius 3 is 2.48 bits per heavy atom. The van der Waals surface area contributed by atoms with Crippen LogP contribution >= 0.6 is 0 Å². The van der Waals surface area contributed by atoms with E-state index >= 15 is 0 Å². The van der Waals surface area contributed by atoms with Crippen LogP contribution < -0.4 is 27.6 Å². The summed E-state index contributed by atoms with van der Waals surface area (Å²) in [6.07, 6.45) is 6.35. The van der Waals surface area contributed by atoms with E-state index in [1.807, 2.05) is 6.07 Å². The van der Waals surface area contributed by atoms with Gasteiger partial charge in [-0.3, -0.25) is 4.90 Å². The Bertz CT molecular complexity index is 632. The summed E-state index contributed by atoms with van der Waals surface area (Å²) in [5, 5.41) is 0. The highest BCUT2D eigenvalue weighted by atomic mass is 35.5. The molecule has 0 spiro atoms. The van der Waals surface area contributed by atoms with Crippen LogP contribution in [0, 0.1) is 6.92 Å². The Kier molecular flexibility index (Phi) is 5.91. The lowest BCUT2D eigenvalue weighted by Crippen LogP contribution is -3.00. The topological polar surface area (TPSA) is 41.3 Å². The SMILES string of the molecule is Cc1cc(N2CCN(CCn3cc[n+](C)c3)CC2)ccc1N.[Cl-]. The van der Waals surface area contributed by atoms with Gasteiger partial charge < -0.3 is 23.0 Å². The van der Waals surface area contributed by atoms with Gasteiger partial charge in [-0.2, -0.15) is 0 Å². The first-order chi connectivity index (χ1) is 10.6. The molecule has 1 saturated heterocycles. The van der Waals surface area contributed by atoms with Crippen molar-refractivity contribution in [1.82, 2.24) is 9.47 Å². The number of aryl methyl sites for hydroxylation is 2. The van der Waals surface area contributed by atoms with E-state index in [1.165, 1.54) is 11.3 Å². The van der Waals surface area contributed by atoms with E-state index in [2.05, 4.69) is 63.8 Å². The van der Waals surface area contributed by atoms with Crippen molar-refractivity contribution in [3.8, 4) is 0 Å². The van der Waals surface area contributed by atoms with Gasteiger partial charge in [-0.05, 0) is 30.7 Å². The number of nitrogens with two attached hydrogens (primary N) is 1. The third-order valence-corrected chi connectivity index (χ3v) is 4.49. The van der Waals surface area contributed by atoms with Crippen LogP contribution in [0.25, 0.3) is 0 Å². The molecule has 0 radical (unpaired) electrons. The summed E-state index contributed by atoms with van der Waals surface area (Å²) < 4.78 is 4.33. The van der Waals surface area contributed by atoms with Crippen LogP contribution in [0.4, 0.5) is 11.4 Å². The molecule has 0 saturated carbocycles. The molecular weight excluding hydrogens is 310 g/mol. The lowest BCUT2D eigenvalue weighted by atomic mass is 10.1. The molecule has 1 aliphatic heterocycles. The standard InChI is InChI=1S/C17H26N5.ClH/c1-15-13-16(3-4-17(15)18)22-11-9-20(10-12-22)7-8-21-6-5-19(2)14-21;/h3-6,13-14H,7-12,18H2,1-2H3;1H/q+1;/p-1. The fourth-order valence-corrected chi connectivity index (χ4v) is 2.98. The van der Waals surface area contributed by atoms with Crippen molar-refractivity contribution in [2.75, 3.05) is 43.4 Å². The van der Waals surface area contributed by atoms with Gasteiger partial charge in [0.05, 0.1) is 7.05 Å². The lowest BCUT2D eigenvalue weighted by molar-refractivity contribution is -0.671. The molecule has 1 aromatic heterocycles. The number of rotatable bonds is 4. The zero-order valence-corrected chi connectivity index (χ0v) is 14.7. The number of nitrogen functional groups attached to an aromatic ring is 1. The maximum atomic E-state index is 5.91. The van der Waals surface area contributed by atoms with Crippen molar-refractivity contribution >= 4 is 11.4 Å². The maximum absolute atomic E-state index is 5.91.